The fourth-order valence-corrected chi connectivity index (χ4v) is 2.69. The molecule has 1 unspecified atom stereocenters. The Labute approximate surface area is 161 Å². The van der Waals surface area contributed by atoms with Crippen molar-refractivity contribution < 1.29 is 19.1 Å². The third-order valence-electron chi connectivity index (χ3n) is 4.05. The second-order valence-corrected chi connectivity index (χ2v) is 6.33. The number of aldehydes is 1. The first-order chi connectivity index (χ1) is 13.1. The number of amides is 1. The van der Waals surface area contributed by atoms with Gasteiger partial charge in [0.05, 0.1) is 13.7 Å². The molecule has 2 N–H and O–H groups in total. The molecule has 0 aliphatic rings. The van der Waals surface area contributed by atoms with Crippen molar-refractivity contribution in [1.29, 1.82) is 0 Å². The van der Waals surface area contributed by atoms with Crippen LogP contribution in [-0.2, 0) is 25.5 Å². The SMILES string of the molecule is CNCC(=O)NC(Cc1cccc(/C=C\CCCCCC=O)c1)C(=O)OC. The maximum atomic E-state index is 12.0. The molecule has 0 radical (unpaired) electrons. The summed E-state index contributed by atoms with van der Waals surface area (Å²) in [6, 6.07) is 7.15. The van der Waals surface area contributed by atoms with E-state index in [4.69, 9.17) is 4.74 Å². The lowest BCUT2D eigenvalue weighted by Crippen LogP contribution is -2.45. The average molecular weight is 374 g/mol. The molecule has 6 nitrogen and oxygen atoms in total. The maximum absolute atomic E-state index is 12.0. The molecule has 1 atom stereocenters. The highest BCUT2D eigenvalue weighted by atomic mass is 16.5. The number of allylic oxidation sites excluding steroid dienone is 1. The quantitative estimate of drug-likeness (QED) is 0.314. The second kappa shape index (κ2) is 13.7. The van der Waals surface area contributed by atoms with E-state index in [0.717, 1.165) is 43.1 Å². The second-order valence-electron chi connectivity index (χ2n) is 6.33. The predicted molar refractivity (Wildman–Crippen MR) is 106 cm³/mol. The lowest BCUT2D eigenvalue weighted by molar-refractivity contribution is -0.144. The third kappa shape index (κ3) is 9.70. The van der Waals surface area contributed by atoms with E-state index in [9.17, 15) is 14.4 Å². The molecule has 0 saturated carbocycles. The van der Waals surface area contributed by atoms with Crippen LogP contribution in [0.15, 0.2) is 30.3 Å². The van der Waals surface area contributed by atoms with Crippen molar-refractivity contribution in [2.45, 2.75) is 44.6 Å². The summed E-state index contributed by atoms with van der Waals surface area (Å²) in [5.41, 5.74) is 1.99. The average Bonchev–Trinajstić information content (AvgIpc) is 2.66. The van der Waals surface area contributed by atoms with E-state index in [2.05, 4.69) is 22.8 Å². The van der Waals surface area contributed by atoms with Crippen LogP contribution >= 0.6 is 0 Å². The molecule has 6 heteroatoms. The normalized spacial score (nSPS) is 11.9. The van der Waals surface area contributed by atoms with Gasteiger partial charge in [-0.3, -0.25) is 4.79 Å². The number of carbonyl (C=O) groups is 3. The van der Waals surface area contributed by atoms with Crippen LogP contribution < -0.4 is 10.6 Å². The number of ether oxygens (including phenoxy) is 1. The van der Waals surface area contributed by atoms with E-state index in [1.165, 1.54) is 7.11 Å². The van der Waals surface area contributed by atoms with Crippen molar-refractivity contribution in [1.82, 2.24) is 10.6 Å². The van der Waals surface area contributed by atoms with Gasteiger partial charge in [0.15, 0.2) is 0 Å². The Balaban J connectivity index is 2.62. The van der Waals surface area contributed by atoms with Gasteiger partial charge in [-0.15, -0.1) is 0 Å². The van der Waals surface area contributed by atoms with Crippen LogP contribution in [0.25, 0.3) is 6.08 Å². The zero-order valence-electron chi connectivity index (χ0n) is 16.2. The fourth-order valence-electron chi connectivity index (χ4n) is 2.69. The van der Waals surface area contributed by atoms with Gasteiger partial charge < -0.3 is 20.2 Å². The Morgan fingerprint density at radius 3 is 2.67 bits per heavy atom. The van der Waals surface area contributed by atoms with Crippen LogP contribution in [0.3, 0.4) is 0 Å². The molecule has 1 aromatic carbocycles. The number of hydrogen-bond acceptors (Lipinski definition) is 5. The molecule has 148 valence electrons. The molecule has 0 aliphatic heterocycles. The van der Waals surface area contributed by atoms with Gasteiger partial charge in [0.1, 0.15) is 12.3 Å². The molecular formula is C21H30N2O4. The van der Waals surface area contributed by atoms with Gasteiger partial charge in [0, 0.05) is 12.8 Å². The van der Waals surface area contributed by atoms with E-state index in [0.29, 0.717) is 12.8 Å². The lowest BCUT2D eigenvalue weighted by atomic mass is 10.0. The summed E-state index contributed by atoms with van der Waals surface area (Å²) >= 11 is 0. The van der Waals surface area contributed by atoms with Crippen molar-refractivity contribution >= 4 is 24.2 Å². The molecule has 1 rings (SSSR count). The van der Waals surface area contributed by atoms with Crippen LogP contribution in [0.2, 0.25) is 0 Å². The molecule has 0 aromatic heterocycles. The molecule has 1 amide bonds. The van der Waals surface area contributed by atoms with Crippen LogP contribution in [0.5, 0.6) is 0 Å². The van der Waals surface area contributed by atoms with Gasteiger partial charge in [0.2, 0.25) is 5.91 Å². The molecule has 27 heavy (non-hydrogen) atoms. The van der Waals surface area contributed by atoms with E-state index >= 15 is 0 Å². The molecule has 0 bridgehead atoms. The number of methoxy groups -OCH3 is 1. The van der Waals surface area contributed by atoms with Crippen molar-refractivity contribution in [3.8, 4) is 0 Å². The predicted octanol–water partition coefficient (Wildman–Crippen LogP) is 2.27. The Morgan fingerprint density at radius 1 is 1.19 bits per heavy atom. The van der Waals surface area contributed by atoms with E-state index in [1.807, 2.05) is 24.3 Å². The molecule has 0 saturated heterocycles. The highest BCUT2D eigenvalue weighted by Gasteiger charge is 2.21. The van der Waals surface area contributed by atoms with Gasteiger partial charge >= 0.3 is 5.97 Å². The molecule has 0 aliphatic carbocycles. The standard InChI is InChI=1S/C21H30N2O4/c1-22-16-20(25)23-19(21(26)27-2)15-18-12-9-11-17(14-18)10-7-5-3-4-6-8-13-24/h7,9-14,19,22H,3-6,8,15-16H2,1-2H3,(H,23,25)/b10-7-. The van der Waals surface area contributed by atoms with Crippen molar-refractivity contribution in [2.75, 3.05) is 20.7 Å². The molecule has 1 aromatic rings. The third-order valence-corrected chi connectivity index (χ3v) is 4.05. The summed E-state index contributed by atoms with van der Waals surface area (Å²) in [4.78, 5) is 34.0. The minimum atomic E-state index is -0.715. The molecule has 0 fully saturated rings. The Kier molecular flexibility index (Phi) is 11.4. The van der Waals surface area contributed by atoms with E-state index in [1.54, 1.807) is 7.05 Å². The van der Waals surface area contributed by atoms with Crippen LogP contribution in [0.4, 0.5) is 0 Å². The minimum absolute atomic E-state index is 0.142. The van der Waals surface area contributed by atoms with E-state index < -0.39 is 12.0 Å². The summed E-state index contributed by atoms with van der Waals surface area (Å²) in [5.74, 6) is -0.714. The topological polar surface area (TPSA) is 84.5 Å². The summed E-state index contributed by atoms with van der Waals surface area (Å²) < 4.78 is 4.80. The fraction of sp³-hybridized carbons (Fsp3) is 0.476. The van der Waals surface area contributed by atoms with Crippen LogP contribution in [0.1, 0.15) is 43.2 Å². The number of hydrogen-bond donors (Lipinski definition) is 2. The molecule has 0 heterocycles. The first-order valence-electron chi connectivity index (χ1n) is 9.31. The van der Waals surface area contributed by atoms with Gasteiger partial charge in [-0.25, -0.2) is 4.79 Å². The Hall–Kier alpha value is -2.47. The zero-order valence-corrected chi connectivity index (χ0v) is 16.2. The van der Waals surface area contributed by atoms with Crippen molar-refractivity contribution in [2.24, 2.45) is 0 Å². The van der Waals surface area contributed by atoms with Crippen LogP contribution in [0, 0.1) is 0 Å². The maximum Gasteiger partial charge on any atom is 0.328 e. The summed E-state index contributed by atoms with van der Waals surface area (Å²) in [6.07, 6.45) is 10.2. The highest BCUT2D eigenvalue weighted by molar-refractivity contribution is 5.85. The Morgan fingerprint density at radius 2 is 1.96 bits per heavy atom. The van der Waals surface area contributed by atoms with Gasteiger partial charge in [-0.1, -0.05) is 42.8 Å². The highest BCUT2D eigenvalue weighted by Crippen LogP contribution is 2.12. The first kappa shape index (κ1) is 22.6. The molecule has 0 spiro atoms. The van der Waals surface area contributed by atoms with Crippen molar-refractivity contribution in [3.05, 3.63) is 41.5 Å². The monoisotopic (exact) mass is 374 g/mol. The lowest BCUT2D eigenvalue weighted by Gasteiger charge is -2.16. The number of esters is 1. The number of likely N-dealkylation sites (N-methyl/N-ethyl adjacent to an activating group) is 1. The van der Waals surface area contributed by atoms with Crippen molar-refractivity contribution in [3.63, 3.8) is 0 Å². The van der Waals surface area contributed by atoms with E-state index in [-0.39, 0.29) is 12.5 Å². The number of benzene rings is 1. The van der Waals surface area contributed by atoms with Gasteiger partial charge in [-0.2, -0.15) is 0 Å². The van der Waals surface area contributed by atoms with Gasteiger partial charge in [0.25, 0.3) is 0 Å². The summed E-state index contributed by atoms with van der Waals surface area (Å²) in [6.45, 7) is 0.142. The first-order valence-corrected chi connectivity index (χ1v) is 9.31. The van der Waals surface area contributed by atoms with Crippen LogP contribution in [-0.4, -0.2) is 44.9 Å². The van der Waals surface area contributed by atoms with Gasteiger partial charge in [-0.05, 0) is 37.4 Å². The number of nitrogens with one attached hydrogen (secondary N) is 2. The summed E-state index contributed by atoms with van der Waals surface area (Å²) in [5, 5.41) is 5.45. The smallest absolute Gasteiger partial charge is 0.328 e. The Bertz CT molecular complexity index is 628. The number of unbranched alkanes of at least 4 members (excludes halogenated alkanes) is 4. The minimum Gasteiger partial charge on any atom is -0.467 e. The number of rotatable bonds is 13. The zero-order chi connectivity index (χ0) is 19.9. The number of carbonyl (C=O) groups excluding carboxylic acids is 3. The molecular weight excluding hydrogens is 344 g/mol. The summed E-state index contributed by atoms with van der Waals surface area (Å²) in [7, 11) is 2.98. The largest absolute Gasteiger partial charge is 0.467 e.